The molecule has 1 N–H and O–H groups in total. The highest BCUT2D eigenvalue weighted by atomic mass is 35.5. The minimum absolute atomic E-state index is 0.0891. The van der Waals surface area contributed by atoms with Crippen LogP contribution in [0, 0.1) is 0 Å². The van der Waals surface area contributed by atoms with Crippen molar-refractivity contribution in [3.63, 3.8) is 0 Å². The van der Waals surface area contributed by atoms with E-state index in [0.29, 0.717) is 36.5 Å². The largest absolute Gasteiger partial charge is 0.480 e. The molecule has 0 aromatic heterocycles. The second-order valence-corrected chi connectivity index (χ2v) is 7.59. The van der Waals surface area contributed by atoms with Gasteiger partial charge < -0.3 is 9.84 Å². The summed E-state index contributed by atoms with van der Waals surface area (Å²) >= 11 is 5.87. The van der Waals surface area contributed by atoms with E-state index in [2.05, 4.69) is 0 Å². The highest BCUT2D eigenvalue weighted by molar-refractivity contribution is 7.88. The van der Waals surface area contributed by atoms with Crippen LogP contribution in [0.3, 0.4) is 0 Å². The van der Waals surface area contributed by atoms with Crippen LogP contribution in [-0.2, 0) is 25.3 Å². The Balaban J connectivity index is 1.90. The fourth-order valence-electron chi connectivity index (χ4n) is 2.39. The molecule has 0 spiro atoms. The molecule has 0 unspecified atom stereocenters. The number of carboxylic acid groups (broad SMARTS) is 1. The lowest BCUT2D eigenvalue weighted by Gasteiger charge is -2.30. The minimum Gasteiger partial charge on any atom is -0.480 e. The lowest BCUT2D eigenvalue weighted by atomic mass is 10.1. The average molecular weight is 348 g/mol. The Labute approximate surface area is 134 Å². The molecule has 1 aromatic rings. The Morgan fingerprint density at radius 2 is 2.05 bits per heavy atom. The first-order valence-electron chi connectivity index (χ1n) is 6.92. The van der Waals surface area contributed by atoms with Crippen LogP contribution in [0.5, 0.6) is 0 Å². The minimum atomic E-state index is -3.41. The van der Waals surface area contributed by atoms with Crippen LogP contribution < -0.4 is 0 Å². The molecule has 22 heavy (non-hydrogen) atoms. The van der Waals surface area contributed by atoms with Gasteiger partial charge in [-0.3, -0.25) is 0 Å². The van der Waals surface area contributed by atoms with Gasteiger partial charge in [0.15, 0.2) is 0 Å². The molecule has 1 heterocycles. The summed E-state index contributed by atoms with van der Waals surface area (Å²) in [5.74, 6) is -1.11. The number of aliphatic carboxylic acids is 1. The van der Waals surface area contributed by atoms with Gasteiger partial charge in [-0.15, -0.1) is 0 Å². The smallest absolute Gasteiger partial charge is 0.329 e. The Morgan fingerprint density at radius 1 is 1.36 bits per heavy atom. The van der Waals surface area contributed by atoms with Crippen LogP contribution in [0.4, 0.5) is 0 Å². The second kappa shape index (κ2) is 7.41. The molecule has 1 aliphatic heterocycles. The van der Waals surface area contributed by atoms with E-state index in [9.17, 15) is 13.2 Å². The Kier molecular flexibility index (Phi) is 5.80. The van der Waals surface area contributed by atoms with E-state index in [4.69, 9.17) is 21.4 Å². The van der Waals surface area contributed by atoms with Crippen molar-refractivity contribution in [2.45, 2.75) is 24.7 Å². The Morgan fingerprint density at radius 3 is 2.64 bits per heavy atom. The summed E-state index contributed by atoms with van der Waals surface area (Å²) in [6, 6.07) is 6.79. The molecule has 0 aliphatic carbocycles. The van der Waals surface area contributed by atoms with Gasteiger partial charge in [-0.25, -0.2) is 17.5 Å². The summed E-state index contributed by atoms with van der Waals surface area (Å²) in [4.78, 5) is 10.5. The molecule has 0 radical (unpaired) electrons. The average Bonchev–Trinajstić information content (AvgIpc) is 2.45. The Bertz CT molecular complexity index is 626. The summed E-state index contributed by atoms with van der Waals surface area (Å²) < 4.78 is 31.4. The van der Waals surface area contributed by atoms with Gasteiger partial charge in [0.1, 0.15) is 6.61 Å². The van der Waals surface area contributed by atoms with Crippen molar-refractivity contribution >= 4 is 27.6 Å². The molecule has 2 rings (SSSR count). The molecule has 1 fully saturated rings. The topological polar surface area (TPSA) is 83.9 Å². The summed E-state index contributed by atoms with van der Waals surface area (Å²) in [6.07, 6.45) is 0.804. The normalized spacial score (nSPS) is 17.5. The van der Waals surface area contributed by atoms with Crippen LogP contribution in [0.2, 0.25) is 5.02 Å². The number of ether oxygens (including phenoxy) is 1. The molecule has 122 valence electrons. The van der Waals surface area contributed by atoms with Crippen molar-refractivity contribution in [2.24, 2.45) is 0 Å². The molecule has 0 bridgehead atoms. The molecule has 8 heteroatoms. The number of carboxylic acids is 1. The van der Waals surface area contributed by atoms with Crippen LogP contribution in [0.25, 0.3) is 0 Å². The van der Waals surface area contributed by atoms with E-state index in [0.717, 1.165) is 0 Å². The highest BCUT2D eigenvalue weighted by Crippen LogP contribution is 2.20. The van der Waals surface area contributed by atoms with Crippen LogP contribution in [-0.4, -0.2) is 49.6 Å². The van der Waals surface area contributed by atoms with Crippen molar-refractivity contribution in [1.29, 1.82) is 0 Å². The van der Waals surface area contributed by atoms with E-state index in [-0.39, 0.29) is 18.5 Å². The van der Waals surface area contributed by atoms with E-state index in [1.54, 1.807) is 24.3 Å². The predicted molar refractivity (Wildman–Crippen MR) is 82.3 cm³/mol. The fraction of sp³-hybridized carbons (Fsp3) is 0.500. The van der Waals surface area contributed by atoms with Gasteiger partial charge in [0, 0.05) is 18.1 Å². The molecule has 0 amide bonds. The third-order valence-electron chi connectivity index (χ3n) is 3.47. The summed E-state index contributed by atoms with van der Waals surface area (Å²) in [5, 5.41) is 9.08. The highest BCUT2D eigenvalue weighted by Gasteiger charge is 2.28. The standard InChI is InChI=1S/C14H18ClNO5S/c15-12-3-1-2-11(8-12)10-22(19,20)16-6-4-13(5-7-16)21-9-14(17)18/h1-3,8,13H,4-7,9-10H2,(H,17,18). The second-order valence-electron chi connectivity index (χ2n) is 5.19. The quantitative estimate of drug-likeness (QED) is 0.847. The number of benzene rings is 1. The Hall–Kier alpha value is -1.15. The van der Waals surface area contributed by atoms with Gasteiger partial charge in [0.25, 0.3) is 0 Å². The van der Waals surface area contributed by atoms with Crippen LogP contribution >= 0.6 is 11.6 Å². The lowest BCUT2D eigenvalue weighted by molar-refractivity contribution is -0.145. The number of nitrogens with zero attached hydrogens (tertiary/aromatic N) is 1. The van der Waals surface area contributed by atoms with Gasteiger partial charge in [-0.05, 0) is 30.5 Å². The summed E-state index contributed by atoms with van der Waals surface area (Å²) in [6.45, 7) is 0.334. The summed E-state index contributed by atoms with van der Waals surface area (Å²) in [7, 11) is -3.41. The third-order valence-corrected chi connectivity index (χ3v) is 5.56. The van der Waals surface area contributed by atoms with E-state index >= 15 is 0 Å². The van der Waals surface area contributed by atoms with Gasteiger partial charge in [-0.1, -0.05) is 23.7 Å². The van der Waals surface area contributed by atoms with E-state index in [1.165, 1.54) is 4.31 Å². The van der Waals surface area contributed by atoms with Gasteiger partial charge in [0.05, 0.1) is 11.9 Å². The number of hydrogen-bond donors (Lipinski definition) is 1. The first-order chi connectivity index (χ1) is 10.4. The number of rotatable bonds is 6. The maximum atomic E-state index is 12.4. The van der Waals surface area contributed by atoms with Gasteiger partial charge >= 0.3 is 5.97 Å². The first kappa shape index (κ1) is 17.2. The molecule has 6 nitrogen and oxygen atoms in total. The maximum absolute atomic E-state index is 12.4. The zero-order chi connectivity index (χ0) is 16.2. The number of halogens is 1. The van der Waals surface area contributed by atoms with Crippen molar-refractivity contribution in [1.82, 2.24) is 4.31 Å². The number of carbonyl (C=O) groups is 1. The third kappa shape index (κ3) is 4.95. The van der Waals surface area contributed by atoms with E-state index in [1.807, 2.05) is 0 Å². The number of sulfonamides is 1. The van der Waals surface area contributed by atoms with Crippen molar-refractivity contribution in [3.05, 3.63) is 34.9 Å². The van der Waals surface area contributed by atoms with Crippen LogP contribution in [0.15, 0.2) is 24.3 Å². The monoisotopic (exact) mass is 347 g/mol. The van der Waals surface area contributed by atoms with Crippen molar-refractivity contribution < 1.29 is 23.1 Å². The number of hydrogen-bond acceptors (Lipinski definition) is 4. The SMILES string of the molecule is O=C(O)COC1CCN(S(=O)(=O)Cc2cccc(Cl)c2)CC1. The molecule has 1 aliphatic rings. The first-order valence-corrected chi connectivity index (χ1v) is 8.91. The fourth-order valence-corrected chi connectivity index (χ4v) is 4.16. The molecule has 1 saturated heterocycles. The van der Waals surface area contributed by atoms with E-state index < -0.39 is 16.0 Å². The van der Waals surface area contributed by atoms with Crippen LogP contribution in [0.1, 0.15) is 18.4 Å². The zero-order valence-corrected chi connectivity index (χ0v) is 13.5. The van der Waals surface area contributed by atoms with Gasteiger partial charge in [0.2, 0.25) is 10.0 Å². The molecular weight excluding hydrogens is 330 g/mol. The lowest BCUT2D eigenvalue weighted by Crippen LogP contribution is -2.41. The maximum Gasteiger partial charge on any atom is 0.329 e. The molecule has 1 aromatic carbocycles. The molecular formula is C14H18ClNO5S. The van der Waals surface area contributed by atoms with Gasteiger partial charge in [-0.2, -0.15) is 0 Å². The number of piperidine rings is 1. The predicted octanol–water partition coefficient (Wildman–Crippen LogP) is 1.74. The van der Waals surface area contributed by atoms with Crippen molar-refractivity contribution in [3.8, 4) is 0 Å². The molecule has 0 saturated carbocycles. The molecule has 0 atom stereocenters. The van der Waals surface area contributed by atoms with Crippen molar-refractivity contribution in [2.75, 3.05) is 19.7 Å². The summed E-state index contributed by atoms with van der Waals surface area (Å²) in [5.41, 5.74) is 0.650. The zero-order valence-electron chi connectivity index (χ0n) is 11.9.